The van der Waals surface area contributed by atoms with E-state index in [-0.39, 0.29) is 12.2 Å². The van der Waals surface area contributed by atoms with Crippen molar-refractivity contribution in [1.29, 1.82) is 0 Å². The number of rotatable bonds is 4. The second kappa shape index (κ2) is 5.56. The lowest BCUT2D eigenvalue weighted by Gasteiger charge is -2.14. The molecule has 3 N–H and O–H groups in total. The van der Waals surface area contributed by atoms with Gasteiger partial charge in [-0.15, -0.1) is 0 Å². The van der Waals surface area contributed by atoms with Crippen LogP contribution in [-0.4, -0.2) is 25.6 Å². The van der Waals surface area contributed by atoms with E-state index in [1.807, 2.05) is 0 Å². The van der Waals surface area contributed by atoms with Crippen LogP contribution in [-0.2, 0) is 4.79 Å². The number of aromatic hydroxyl groups is 1. The van der Waals surface area contributed by atoms with Gasteiger partial charge in [0.25, 0.3) is 0 Å². The Kier molecular flexibility index (Phi) is 3.57. The highest BCUT2D eigenvalue weighted by Gasteiger charge is 2.28. The van der Waals surface area contributed by atoms with Gasteiger partial charge in [0.15, 0.2) is 11.4 Å². The summed E-state index contributed by atoms with van der Waals surface area (Å²) < 4.78 is 7.02. The van der Waals surface area contributed by atoms with Gasteiger partial charge in [0, 0.05) is 30.4 Å². The standard InChI is InChI=1S/C15H14N4O4/c1-8-5-11(20)13(22)14(23-8)9(6-12(16)21)10-7-18-19-4-2-3-17-15(10)19/h2-5,7,9,22H,6H2,1H3,(H2,16,21)/t9-/m1/s1. The Labute approximate surface area is 130 Å². The van der Waals surface area contributed by atoms with Crippen molar-refractivity contribution in [3.8, 4) is 5.75 Å². The molecule has 3 aromatic heterocycles. The molecule has 1 atom stereocenters. The summed E-state index contributed by atoms with van der Waals surface area (Å²) in [6.07, 6.45) is 4.63. The Balaban J connectivity index is 2.23. The summed E-state index contributed by atoms with van der Waals surface area (Å²) >= 11 is 0. The largest absolute Gasteiger partial charge is 0.502 e. The summed E-state index contributed by atoms with van der Waals surface area (Å²) in [6.45, 7) is 1.58. The van der Waals surface area contributed by atoms with Gasteiger partial charge in [0.05, 0.1) is 12.1 Å². The molecule has 0 spiro atoms. The molecule has 0 saturated carbocycles. The Bertz CT molecular complexity index is 944. The third-order valence-electron chi connectivity index (χ3n) is 3.48. The van der Waals surface area contributed by atoms with E-state index < -0.39 is 23.0 Å². The number of carbonyl (C=O) groups is 1. The Morgan fingerprint density at radius 2 is 2.30 bits per heavy atom. The van der Waals surface area contributed by atoms with Crippen molar-refractivity contribution in [3.63, 3.8) is 0 Å². The fourth-order valence-corrected chi connectivity index (χ4v) is 2.50. The molecule has 3 aromatic rings. The molecular weight excluding hydrogens is 300 g/mol. The number of carbonyl (C=O) groups excluding carboxylic acids is 1. The zero-order valence-electron chi connectivity index (χ0n) is 12.3. The molecule has 0 aromatic carbocycles. The van der Waals surface area contributed by atoms with Crippen molar-refractivity contribution in [3.05, 3.63) is 58.0 Å². The smallest absolute Gasteiger partial charge is 0.227 e. The Morgan fingerprint density at radius 1 is 1.52 bits per heavy atom. The third kappa shape index (κ3) is 2.66. The van der Waals surface area contributed by atoms with Crippen molar-refractivity contribution in [2.75, 3.05) is 0 Å². The van der Waals surface area contributed by atoms with Crippen molar-refractivity contribution in [2.24, 2.45) is 5.73 Å². The minimum Gasteiger partial charge on any atom is -0.502 e. The molecular formula is C15H14N4O4. The van der Waals surface area contributed by atoms with Gasteiger partial charge in [-0.05, 0) is 13.0 Å². The normalized spacial score (nSPS) is 12.4. The molecule has 0 aliphatic carbocycles. The van der Waals surface area contributed by atoms with Crippen LogP contribution in [0.15, 0.2) is 39.9 Å². The van der Waals surface area contributed by atoms with E-state index in [0.29, 0.717) is 17.0 Å². The molecule has 3 heterocycles. The van der Waals surface area contributed by atoms with Crippen molar-refractivity contribution in [2.45, 2.75) is 19.3 Å². The summed E-state index contributed by atoms with van der Waals surface area (Å²) in [5.74, 6) is -1.60. The average Bonchev–Trinajstić information content (AvgIpc) is 2.92. The first kappa shape index (κ1) is 14.8. The number of nitrogens with two attached hydrogens (primary N) is 1. The number of hydrogen-bond donors (Lipinski definition) is 2. The molecule has 0 saturated heterocycles. The zero-order chi connectivity index (χ0) is 16.6. The number of amides is 1. The zero-order valence-corrected chi connectivity index (χ0v) is 12.3. The molecule has 0 aliphatic heterocycles. The molecule has 0 radical (unpaired) electrons. The monoisotopic (exact) mass is 314 g/mol. The summed E-state index contributed by atoms with van der Waals surface area (Å²) in [7, 11) is 0. The van der Waals surface area contributed by atoms with Crippen LogP contribution in [0.1, 0.15) is 29.4 Å². The molecule has 1 amide bonds. The number of primary amides is 1. The van der Waals surface area contributed by atoms with Gasteiger partial charge >= 0.3 is 0 Å². The second-order valence-electron chi connectivity index (χ2n) is 5.14. The highest BCUT2D eigenvalue weighted by molar-refractivity contribution is 5.76. The summed E-state index contributed by atoms with van der Waals surface area (Å²) in [5, 5.41) is 14.2. The van der Waals surface area contributed by atoms with Crippen LogP contribution in [0.5, 0.6) is 5.75 Å². The van der Waals surface area contributed by atoms with Crippen molar-refractivity contribution in [1.82, 2.24) is 14.6 Å². The lowest BCUT2D eigenvalue weighted by molar-refractivity contribution is -0.118. The topological polar surface area (TPSA) is 124 Å². The average molecular weight is 314 g/mol. The summed E-state index contributed by atoms with van der Waals surface area (Å²) in [4.78, 5) is 27.5. The molecule has 3 rings (SSSR count). The van der Waals surface area contributed by atoms with Gasteiger partial charge in [0.2, 0.25) is 17.1 Å². The molecule has 0 unspecified atom stereocenters. The van der Waals surface area contributed by atoms with Crippen LogP contribution < -0.4 is 11.2 Å². The number of aryl methyl sites for hydroxylation is 1. The number of nitrogens with zero attached hydrogens (tertiary/aromatic N) is 3. The van der Waals surface area contributed by atoms with Crippen LogP contribution in [0.4, 0.5) is 0 Å². The van der Waals surface area contributed by atoms with E-state index in [1.165, 1.54) is 16.8 Å². The van der Waals surface area contributed by atoms with Crippen LogP contribution in [0, 0.1) is 6.92 Å². The van der Waals surface area contributed by atoms with E-state index in [2.05, 4.69) is 10.1 Å². The highest BCUT2D eigenvalue weighted by Crippen LogP contribution is 2.34. The molecule has 8 heteroatoms. The van der Waals surface area contributed by atoms with Gasteiger partial charge in [-0.25, -0.2) is 9.50 Å². The first-order valence-electron chi connectivity index (χ1n) is 6.87. The molecule has 0 fully saturated rings. The predicted octanol–water partition coefficient (Wildman–Crippen LogP) is 0.704. The van der Waals surface area contributed by atoms with Gasteiger partial charge in [-0.1, -0.05) is 0 Å². The fourth-order valence-electron chi connectivity index (χ4n) is 2.50. The minimum atomic E-state index is -0.757. The van der Waals surface area contributed by atoms with Crippen LogP contribution >= 0.6 is 0 Å². The summed E-state index contributed by atoms with van der Waals surface area (Å²) in [6, 6.07) is 2.88. The molecule has 23 heavy (non-hydrogen) atoms. The fraction of sp³-hybridized carbons (Fsp3) is 0.200. The van der Waals surface area contributed by atoms with Gasteiger partial charge < -0.3 is 15.3 Å². The predicted molar refractivity (Wildman–Crippen MR) is 80.0 cm³/mol. The van der Waals surface area contributed by atoms with Crippen LogP contribution in [0.25, 0.3) is 5.65 Å². The van der Waals surface area contributed by atoms with Gasteiger partial charge in [-0.3, -0.25) is 9.59 Å². The Hall–Kier alpha value is -3.16. The maximum Gasteiger partial charge on any atom is 0.227 e. The number of hydrogen-bond acceptors (Lipinski definition) is 6. The lowest BCUT2D eigenvalue weighted by Crippen LogP contribution is -2.18. The number of aromatic nitrogens is 3. The van der Waals surface area contributed by atoms with E-state index in [1.54, 1.807) is 25.4 Å². The third-order valence-corrected chi connectivity index (χ3v) is 3.48. The SMILES string of the molecule is Cc1cc(=O)c(O)c([C@H](CC(N)=O)c2cnn3cccnc23)o1. The van der Waals surface area contributed by atoms with Crippen molar-refractivity contribution < 1.29 is 14.3 Å². The van der Waals surface area contributed by atoms with E-state index >= 15 is 0 Å². The van der Waals surface area contributed by atoms with Gasteiger partial charge in [-0.2, -0.15) is 5.10 Å². The molecule has 0 aliphatic rings. The molecule has 8 nitrogen and oxygen atoms in total. The number of fused-ring (bicyclic) bond motifs is 1. The molecule has 118 valence electrons. The lowest BCUT2D eigenvalue weighted by atomic mass is 9.94. The first-order valence-corrected chi connectivity index (χ1v) is 6.87. The first-order chi connectivity index (χ1) is 11.0. The Morgan fingerprint density at radius 3 is 3.04 bits per heavy atom. The van der Waals surface area contributed by atoms with Crippen molar-refractivity contribution >= 4 is 11.6 Å². The van der Waals surface area contributed by atoms with E-state index in [0.717, 1.165) is 0 Å². The second-order valence-corrected chi connectivity index (χ2v) is 5.14. The molecule has 0 bridgehead atoms. The maximum absolute atomic E-state index is 11.8. The summed E-state index contributed by atoms with van der Waals surface area (Å²) in [5.41, 5.74) is 5.76. The minimum absolute atomic E-state index is 0.0191. The highest BCUT2D eigenvalue weighted by atomic mass is 16.4. The van der Waals surface area contributed by atoms with Gasteiger partial charge in [0.1, 0.15) is 5.76 Å². The maximum atomic E-state index is 11.8. The van der Waals surface area contributed by atoms with Crippen LogP contribution in [0.3, 0.4) is 0 Å². The quantitative estimate of drug-likeness (QED) is 0.730. The van der Waals surface area contributed by atoms with E-state index in [4.69, 9.17) is 10.2 Å². The van der Waals surface area contributed by atoms with E-state index in [9.17, 15) is 14.7 Å². The van der Waals surface area contributed by atoms with Crippen LogP contribution in [0.2, 0.25) is 0 Å².